The molecule has 0 amide bonds. The minimum atomic E-state index is 0.203. The van der Waals surface area contributed by atoms with E-state index in [1.807, 2.05) is 42.5 Å². The second-order valence-corrected chi connectivity index (χ2v) is 5.02. The number of hydrogen-bond acceptors (Lipinski definition) is 3. The summed E-state index contributed by atoms with van der Waals surface area (Å²) in [6, 6.07) is 20.3. The molecule has 21 heavy (non-hydrogen) atoms. The molecule has 0 radical (unpaired) electrons. The number of benzene rings is 2. The average molecular weight is 280 g/mol. The van der Waals surface area contributed by atoms with Crippen LogP contribution in [-0.2, 0) is 6.54 Å². The van der Waals surface area contributed by atoms with Crippen LogP contribution in [0.5, 0.6) is 0 Å². The highest BCUT2D eigenvalue weighted by atomic mass is 16.2. The van der Waals surface area contributed by atoms with E-state index >= 15 is 0 Å². The van der Waals surface area contributed by atoms with Crippen LogP contribution in [0.1, 0.15) is 35.6 Å². The molecule has 0 fully saturated rings. The van der Waals surface area contributed by atoms with Crippen molar-refractivity contribution >= 4 is 0 Å². The third kappa shape index (κ3) is 4.71. The maximum absolute atomic E-state index is 9.05. The lowest BCUT2D eigenvalue weighted by molar-refractivity contribution is 0.275. The summed E-state index contributed by atoms with van der Waals surface area (Å²) in [6.07, 6.45) is 1.66. The molecule has 1 unspecified atom stereocenters. The zero-order valence-corrected chi connectivity index (χ0v) is 12.0. The fourth-order valence-electron chi connectivity index (χ4n) is 2.36. The summed E-state index contributed by atoms with van der Waals surface area (Å²) in [7, 11) is 0. The zero-order chi connectivity index (χ0) is 14.9. The molecule has 108 valence electrons. The van der Waals surface area contributed by atoms with Crippen LogP contribution in [0, 0.1) is 11.3 Å². The first-order valence-electron chi connectivity index (χ1n) is 7.21. The van der Waals surface area contributed by atoms with Crippen LogP contribution >= 0.6 is 0 Å². The van der Waals surface area contributed by atoms with Crippen molar-refractivity contribution in [2.24, 2.45) is 0 Å². The summed E-state index contributed by atoms with van der Waals surface area (Å²) in [4.78, 5) is 0. The summed E-state index contributed by atoms with van der Waals surface area (Å²) in [5, 5.41) is 21.5. The van der Waals surface area contributed by atoms with Crippen LogP contribution < -0.4 is 5.32 Å². The summed E-state index contributed by atoms with van der Waals surface area (Å²) in [5.74, 6) is 0. The Labute approximate surface area is 125 Å². The van der Waals surface area contributed by atoms with Gasteiger partial charge in [0.15, 0.2) is 0 Å². The number of nitriles is 1. The fourth-order valence-corrected chi connectivity index (χ4v) is 2.36. The van der Waals surface area contributed by atoms with E-state index in [0.717, 1.165) is 18.4 Å². The quantitative estimate of drug-likeness (QED) is 0.819. The monoisotopic (exact) mass is 280 g/mol. The molecule has 0 heterocycles. The molecule has 0 saturated heterocycles. The average Bonchev–Trinajstić information content (AvgIpc) is 2.56. The SMILES string of the molecule is N#Cc1cccc(CNC(CCCO)c2ccccc2)c1. The van der Waals surface area contributed by atoms with E-state index in [4.69, 9.17) is 10.4 Å². The normalized spacial score (nSPS) is 11.8. The molecule has 2 rings (SSSR count). The molecule has 1 atom stereocenters. The van der Waals surface area contributed by atoms with Crippen molar-refractivity contribution in [3.63, 3.8) is 0 Å². The zero-order valence-electron chi connectivity index (χ0n) is 12.0. The Morgan fingerprint density at radius 2 is 1.90 bits per heavy atom. The first-order valence-corrected chi connectivity index (χ1v) is 7.21. The molecule has 2 N–H and O–H groups in total. The van der Waals surface area contributed by atoms with Crippen molar-refractivity contribution in [1.82, 2.24) is 5.32 Å². The third-order valence-corrected chi connectivity index (χ3v) is 3.46. The van der Waals surface area contributed by atoms with E-state index < -0.39 is 0 Å². The van der Waals surface area contributed by atoms with Crippen molar-refractivity contribution in [3.8, 4) is 6.07 Å². The molecule has 0 saturated carbocycles. The van der Waals surface area contributed by atoms with E-state index in [9.17, 15) is 0 Å². The summed E-state index contributed by atoms with van der Waals surface area (Å²) < 4.78 is 0. The van der Waals surface area contributed by atoms with Crippen LogP contribution in [0.25, 0.3) is 0 Å². The highest BCUT2D eigenvalue weighted by Gasteiger charge is 2.10. The number of nitrogens with zero attached hydrogens (tertiary/aromatic N) is 1. The van der Waals surface area contributed by atoms with Crippen molar-refractivity contribution in [2.75, 3.05) is 6.61 Å². The van der Waals surface area contributed by atoms with Gasteiger partial charge >= 0.3 is 0 Å². The minimum absolute atomic E-state index is 0.203. The summed E-state index contributed by atoms with van der Waals surface area (Å²) >= 11 is 0. The van der Waals surface area contributed by atoms with Gasteiger partial charge in [0.1, 0.15) is 0 Å². The summed E-state index contributed by atoms with van der Waals surface area (Å²) in [5.41, 5.74) is 3.00. The predicted molar refractivity (Wildman–Crippen MR) is 83.5 cm³/mol. The van der Waals surface area contributed by atoms with Gasteiger partial charge in [-0.1, -0.05) is 42.5 Å². The number of nitrogens with one attached hydrogen (secondary N) is 1. The predicted octanol–water partition coefficient (Wildman–Crippen LogP) is 3.16. The Morgan fingerprint density at radius 3 is 2.62 bits per heavy atom. The molecule has 0 aliphatic rings. The smallest absolute Gasteiger partial charge is 0.0991 e. The second-order valence-electron chi connectivity index (χ2n) is 5.02. The van der Waals surface area contributed by atoms with Gasteiger partial charge in [-0.2, -0.15) is 5.26 Å². The molecule has 2 aromatic carbocycles. The lowest BCUT2D eigenvalue weighted by Gasteiger charge is -2.19. The Hall–Kier alpha value is -2.15. The maximum atomic E-state index is 9.05. The van der Waals surface area contributed by atoms with Gasteiger partial charge in [0.25, 0.3) is 0 Å². The van der Waals surface area contributed by atoms with Crippen molar-refractivity contribution < 1.29 is 5.11 Å². The first-order chi connectivity index (χ1) is 10.3. The van der Waals surface area contributed by atoms with E-state index in [1.54, 1.807) is 0 Å². The first kappa shape index (κ1) is 15.2. The van der Waals surface area contributed by atoms with Crippen molar-refractivity contribution in [3.05, 3.63) is 71.3 Å². The lowest BCUT2D eigenvalue weighted by atomic mass is 10.0. The van der Waals surface area contributed by atoms with E-state index in [2.05, 4.69) is 23.5 Å². The molecular weight excluding hydrogens is 260 g/mol. The van der Waals surface area contributed by atoms with E-state index in [1.165, 1.54) is 5.56 Å². The van der Waals surface area contributed by atoms with Gasteiger partial charge in [0.05, 0.1) is 11.6 Å². The van der Waals surface area contributed by atoms with Crippen LogP contribution in [0.15, 0.2) is 54.6 Å². The van der Waals surface area contributed by atoms with Crippen LogP contribution in [-0.4, -0.2) is 11.7 Å². The van der Waals surface area contributed by atoms with Gasteiger partial charge in [0.2, 0.25) is 0 Å². The Morgan fingerprint density at radius 1 is 1.10 bits per heavy atom. The number of aliphatic hydroxyl groups excluding tert-OH is 1. The minimum Gasteiger partial charge on any atom is -0.396 e. The van der Waals surface area contributed by atoms with Crippen LogP contribution in [0.3, 0.4) is 0 Å². The number of rotatable bonds is 7. The lowest BCUT2D eigenvalue weighted by Crippen LogP contribution is -2.21. The van der Waals surface area contributed by atoms with Gasteiger partial charge in [-0.05, 0) is 36.1 Å². The topological polar surface area (TPSA) is 56.0 Å². The van der Waals surface area contributed by atoms with Crippen LogP contribution in [0.4, 0.5) is 0 Å². The van der Waals surface area contributed by atoms with E-state index in [-0.39, 0.29) is 12.6 Å². The standard InChI is InChI=1S/C18H20N2O/c19-13-15-6-4-7-16(12-15)14-20-18(10-5-11-21)17-8-2-1-3-9-17/h1-4,6-9,12,18,20-21H,5,10-11,14H2. The Kier molecular flexibility index (Phi) is 5.96. The van der Waals surface area contributed by atoms with Gasteiger partial charge in [0, 0.05) is 19.2 Å². The van der Waals surface area contributed by atoms with Crippen molar-refractivity contribution in [2.45, 2.75) is 25.4 Å². The molecule has 3 heteroatoms. The van der Waals surface area contributed by atoms with Crippen molar-refractivity contribution in [1.29, 1.82) is 5.26 Å². The number of aliphatic hydroxyl groups is 1. The summed E-state index contributed by atoms with van der Waals surface area (Å²) in [6.45, 7) is 0.912. The second kappa shape index (κ2) is 8.21. The molecule has 3 nitrogen and oxygen atoms in total. The van der Waals surface area contributed by atoms with Gasteiger partial charge in [-0.25, -0.2) is 0 Å². The molecular formula is C18H20N2O. The third-order valence-electron chi connectivity index (χ3n) is 3.46. The number of hydrogen-bond donors (Lipinski definition) is 2. The molecule has 0 aliphatic carbocycles. The Bertz CT molecular complexity index is 590. The van der Waals surface area contributed by atoms with E-state index in [0.29, 0.717) is 12.1 Å². The largest absolute Gasteiger partial charge is 0.396 e. The fraction of sp³-hybridized carbons (Fsp3) is 0.278. The van der Waals surface area contributed by atoms with Gasteiger partial charge in [-0.3, -0.25) is 0 Å². The molecule has 2 aromatic rings. The van der Waals surface area contributed by atoms with Gasteiger partial charge < -0.3 is 10.4 Å². The molecule has 0 bridgehead atoms. The van der Waals surface area contributed by atoms with Crippen LogP contribution in [0.2, 0.25) is 0 Å². The highest BCUT2D eigenvalue weighted by molar-refractivity contribution is 5.32. The molecule has 0 spiro atoms. The Balaban J connectivity index is 2.03. The highest BCUT2D eigenvalue weighted by Crippen LogP contribution is 2.19. The molecule has 0 aromatic heterocycles. The van der Waals surface area contributed by atoms with Gasteiger partial charge in [-0.15, -0.1) is 0 Å². The maximum Gasteiger partial charge on any atom is 0.0991 e. The molecule has 0 aliphatic heterocycles.